The first-order valence-electron chi connectivity index (χ1n) is 5.62. The Morgan fingerprint density at radius 1 is 1.26 bits per heavy atom. The predicted octanol–water partition coefficient (Wildman–Crippen LogP) is 0.790. The van der Waals surface area contributed by atoms with Gasteiger partial charge in [-0.25, -0.2) is 8.78 Å². The number of carbonyl (C=O) groups excluding carboxylic acids is 2. The number of carbonyl (C=O) groups is 2. The molecule has 1 rings (SSSR count). The normalized spacial score (nSPS) is 11.8. The van der Waals surface area contributed by atoms with E-state index < -0.39 is 29.6 Å². The van der Waals surface area contributed by atoms with Crippen molar-refractivity contribution in [2.45, 2.75) is 19.4 Å². The van der Waals surface area contributed by atoms with Gasteiger partial charge in [0.2, 0.25) is 0 Å². The lowest BCUT2D eigenvalue weighted by Crippen LogP contribution is -2.36. The average Bonchev–Trinajstić information content (AvgIpc) is 2.33. The van der Waals surface area contributed by atoms with Crippen molar-refractivity contribution < 1.29 is 23.5 Å². The van der Waals surface area contributed by atoms with Gasteiger partial charge in [0.1, 0.15) is 0 Å². The molecule has 1 aromatic rings. The molecule has 0 bridgehead atoms. The van der Waals surface area contributed by atoms with E-state index in [-0.39, 0.29) is 12.2 Å². The summed E-state index contributed by atoms with van der Waals surface area (Å²) in [6, 6.07) is 2.76. The van der Waals surface area contributed by atoms with Crippen LogP contribution in [0.2, 0.25) is 0 Å². The molecule has 7 heteroatoms. The smallest absolute Gasteiger partial charge is 0.313 e. The van der Waals surface area contributed by atoms with Crippen molar-refractivity contribution in [2.75, 3.05) is 11.9 Å². The summed E-state index contributed by atoms with van der Waals surface area (Å²) in [6.45, 7) is 1.69. The maximum Gasteiger partial charge on any atom is 0.313 e. The monoisotopic (exact) mass is 272 g/mol. The van der Waals surface area contributed by atoms with Crippen LogP contribution in [0.1, 0.15) is 13.3 Å². The summed E-state index contributed by atoms with van der Waals surface area (Å²) in [7, 11) is 0. The van der Waals surface area contributed by atoms with Gasteiger partial charge in [-0.05, 0) is 25.5 Å². The number of nitrogens with one attached hydrogen (secondary N) is 2. The topological polar surface area (TPSA) is 78.4 Å². The lowest BCUT2D eigenvalue weighted by atomic mass is 10.3. The maximum absolute atomic E-state index is 12.9. The van der Waals surface area contributed by atoms with Gasteiger partial charge in [0, 0.05) is 18.3 Å². The van der Waals surface area contributed by atoms with Crippen molar-refractivity contribution in [3.05, 3.63) is 29.8 Å². The minimum atomic E-state index is -1.12. The van der Waals surface area contributed by atoms with Crippen LogP contribution in [0.5, 0.6) is 0 Å². The second kappa shape index (κ2) is 6.79. The largest absolute Gasteiger partial charge is 0.393 e. The molecule has 19 heavy (non-hydrogen) atoms. The first-order chi connectivity index (χ1) is 8.90. The molecule has 1 aromatic carbocycles. The van der Waals surface area contributed by atoms with Gasteiger partial charge in [-0.15, -0.1) is 0 Å². The number of anilines is 1. The summed E-state index contributed by atoms with van der Waals surface area (Å²) in [5.41, 5.74) is -0.0189. The highest BCUT2D eigenvalue weighted by Gasteiger charge is 2.14. The maximum atomic E-state index is 12.9. The molecule has 1 atom stereocenters. The van der Waals surface area contributed by atoms with Crippen LogP contribution in [0, 0.1) is 11.6 Å². The molecule has 2 amide bonds. The van der Waals surface area contributed by atoms with E-state index in [2.05, 4.69) is 10.6 Å². The minimum Gasteiger partial charge on any atom is -0.393 e. The van der Waals surface area contributed by atoms with Gasteiger partial charge < -0.3 is 15.7 Å². The van der Waals surface area contributed by atoms with Crippen LogP contribution in [0.25, 0.3) is 0 Å². The zero-order chi connectivity index (χ0) is 14.4. The Morgan fingerprint density at radius 3 is 2.53 bits per heavy atom. The summed E-state index contributed by atoms with van der Waals surface area (Å²) < 4.78 is 25.5. The highest BCUT2D eigenvalue weighted by molar-refractivity contribution is 6.39. The van der Waals surface area contributed by atoms with Gasteiger partial charge in [-0.2, -0.15) is 0 Å². The molecule has 1 unspecified atom stereocenters. The Labute approximate surface area is 108 Å². The molecule has 0 saturated heterocycles. The third-order valence-corrected chi connectivity index (χ3v) is 2.23. The van der Waals surface area contributed by atoms with E-state index >= 15 is 0 Å². The first kappa shape index (κ1) is 15.0. The number of amides is 2. The van der Waals surface area contributed by atoms with Crippen LogP contribution < -0.4 is 10.6 Å². The molecule has 0 aliphatic carbocycles. The van der Waals surface area contributed by atoms with E-state index in [1.807, 2.05) is 0 Å². The molecule has 0 aliphatic heterocycles. The molecular weight excluding hydrogens is 258 g/mol. The quantitative estimate of drug-likeness (QED) is 0.709. The number of aliphatic hydroxyl groups excluding tert-OH is 1. The fourth-order valence-electron chi connectivity index (χ4n) is 1.24. The van der Waals surface area contributed by atoms with Gasteiger partial charge in [-0.3, -0.25) is 9.59 Å². The van der Waals surface area contributed by atoms with E-state index in [9.17, 15) is 18.4 Å². The third kappa shape index (κ3) is 5.01. The second-order valence-electron chi connectivity index (χ2n) is 3.98. The number of hydrogen-bond acceptors (Lipinski definition) is 3. The predicted molar refractivity (Wildman–Crippen MR) is 64.3 cm³/mol. The van der Waals surface area contributed by atoms with Gasteiger partial charge in [0.25, 0.3) is 0 Å². The van der Waals surface area contributed by atoms with Crippen LogP contribution in [-0.2, 0) is 9.59 Å². The number of hydrogen-bond donors (Lipinski definition) is 3. The Morgan fingerprint density at radius 2 is 1.95 bits per heavy atom. The summed E-state index contributed by atoms with van der Waals surface area (Å²) in [5, 5.41) is 13.4. The van der Waals surface area contributed by atoms with E-state index in [1.54, 1.807) is 6.92 Å². The van der Waals surface area contributed by atoms with Crippen molar-refractivity contribution in [1.82, 2.24) is 5.32 Å². The summed E-state index contributed by atoms with van der Waals surface area (Å²) in [5.74, 6) is -4.06. The summed E-state index contributed by atoms with van der Waals surface area (Å²) >= 11 is 0. The zero-order valence-corrected chi connectivity index (χ0v) is 10.2. The van der Waals surface area contributed by atoms with E-state index in [1.165, 1.54) is 0 Å². The summed E-state index contributed by atoms with van der Waals surface area (Å²) in [6.07, 6.45) is -0.279. The molecule has 0 aliphatic rings. The number of aliphatic hydroxyl groups is 1. The van der Waals surface area contributed by atoms with Gasteiger partial charge in [0.15, 0.2) is 11.6 Å². The van der Waals surface area contributed by atoms with Crippen LogP contribution in [0.3, 0.4) is 0 Å². The van der Waals surface area contributed by atoms with Gasteiger partial charge in [-0.1, -0.05) is 0 Å². The fraction of sp³-hybridized carbons (Fsp3) is 0.333. The van der Waals surface area contributed by atoms with E-state index in [4.69, 9.17) is 5.11 Å². The highest BCUT2D eigenvalue weighted by Crippen LogP contribution is 2.12. The van der Waals surface area contributed by atoms with Gasteiger partial charge in [0.05, 0.1) is 6.10 Å². The Balaban J connectivity index is 2.49. The molecule has 5 nitrogen and oxygen atoms in total. The number of rotatable bonds is 4. The summed E-state index contributed by atoms with van der Waals surface area (Å²) in [4.78, 5) is 22.7. The first-order valence-corrected chi connectivity index (χ1v) is 5.62. The Kier molecular flexibility index (Phi) is 5.37. The minimum absolute atomic E-state index is 0.0189. The van der Waals surface area contributed by atoms with E-state index in [0.717, 1.165) is 18.2 Å². The standard InChI is InChI=1S/C12H14F2N2O3/c1-7(17)4-5-15-11(18)12(19)16-8-2-3-9(13)10(14)6-8/h2-3,6-7,17H,4-5H2,1H3,(H,15,18)(H,16,19). The van der Waals surface area contributed by atoms with Crippen molar-refractivity contribution in [1.29, 1.82) is 0 Å². The molecule has 0 fully saturated rings. The Hall–Kier alpha value is -2.02. The van der Waals surface area contributed by atoms with Crippen LogP contribution in [-0.4, -0.2) is 29.6 Å². The number of benzene rings is 1. The van der Waals surface area contributed by atoms with Crippen LogP contribution in [0.15, 0.2) is 18.2 Å². The van der Waals surface area contributed by atoms with Crippen LogP contribution in [0.4, 0.5) is 14.5 Å². The molecule has 0 saturated carbocycles. The second-order valence-corrected chi connectivity index (χ2v) is 3.98. The fourth-order valence-corrected chi connectivity index (χ4v) is 1.24. The van der Waals surface area contributed by atoms with Crippen molar-refractivity contribution in [3.63, 3.8) is 0 Å². The highest BCUT2D eigenvalue weighted by atomic mass is 19.2. The zero-order valence-electron chi connectivity index (χ0n) is 10.2. The average molecular weight is 272 g/mol. The molecular formula is C12H14F2N2O3. The molecule has 0 aromatic heterocycles. The molecule has 104 valence electrons. The lowest BCUT2D eigenvalue weighted by Gasteiger charge is -2.07. The molecule has 0 spiro atoms. The molecule has 0 heterocycles. The van der Waals surface area contributed by atoms with Crippen molar-refractivity contribution in [3.8, 4) is 0 Å². The molecule has 0 radical (unpaired) electrons. The van der Waals surface area contributed by atoms with Crippen molar-refractivity contribution >= 4 is 17.5 Å². The Bertz CT molecular complexity index is 478. The van der Waals surface area contributed by atoms with Gasteiger partial charge >= 0.3 is 11.8 Å². The molecule has 3 N–H and O–H groups in total. The van der Waals surface area contributed by atoms with E-state index in [0.29, 0.717) is 6.42 Å². The third-order valence-electron chi connectivity index (χ3n) is 2.23. The number of halogens is 2. The van der Waals surface area contributed by atoms with Crippen LogP contribution >= 0.6 is 0 Å². The SMILES string of the molecule is CC(O)CCNC(=O)C(=O)Nc1ccc(F)c(F)c1. The lowest BCUT2D eigenvalue weighted by molar-refractivity contribution is -0.136. The van der Waals surface area contributed by atoms with Crippen molar-refractivity contribution in [2.24, 2.45) is 0 Å².